The van der Waals surface area contributed by atoms with E-state index in [0.29, 0.717) is 11.8 Å². The van der Waals surface area contributed by atoms with E-state index in [1.54, 1.807) is 0 Å². The minimum atomic E-state index is 0.376. The number of likely N-dealkylation sites (tertiary alicyclic amines) is 1. The Bertz CT molecular complexity index is 206. The normalized spacial score (nSPS) is 24.1. The topological polar surface area (TPSA) is 29.5 Å². The van der Waals surface area contributed by atoms with E-state index in [1.165, 1.54) is 19.3 Å². The molecule has 2 saturated heterocycles. The second-order valence-corrected chi connectivity index (χ2v) is 4.70. The van der Waals surface area contributed by atoms with Crippen LogP contribution >= 0.6 is 0 Å². The number of hydrogen-bond acceptors (Lipinski definition) is 2. The first-order chi connectivity index (χ1) is 7.36. The number of rotatable bonds is 2. The Kier molecular flexibility index (Phi) is 4.01. The average Bonchev–Trinajstić information content (AvgIpc) is 2.31. The molecule has 0 saturated carbocycles. The summed E-state index contributed by atoms with van der Waals surface area (Å²) in [7, 11) is 0. The molecule has 0 N–H and O–H groups in total. The van der Waals surface area contributed by atoms with E-state index >= 15 is 0 Å². The maximum absolute atomic E-state index is 12.0. The molecule has 15 heavy (non-hydrogen) atoms. The monoisotopic (exact) mass is 211 g/mol. The van der Waals surface area contributed by atoms with E-state index in [4.69, 9.17) is 4.74 Å². The highest BCUT2D eigenvalue weighted by atomic mass is 16.5. The fourth-order valence-electron chi connectivity index (χ4n) is 2.47. The van der Waals surface area contributed by atoms with Crippen molar-refractivity contribution in [2.75, 3.05) is 26.3 Å². The highest BCUT2D eigenvalue weighted by Crippen LogP contribution is 2.20. The molecule has 1 amide bonds. The Hall–Kier alpha value is -0.570. The summed E-state index contributed by atoms with van der Waals surface area (Å²) in [6.07, 6.45) is 6.57. The minimum Gasteiger partial charge on any atom is -0.381 e. The van der Waals surface area contributed by atoms with Crippen molar-refractivity contribution in [2.45, 2.75) is 38.5 Å². The van der Waals surface area contributed by atoms with Crippen molar-refractivity contribution in [1.82, 2.24) is 4.90 Å². The van der Waals surface area contributed by atoms with Gasteiger partial charge < -0.3 is 9.64 Å². The molecular formula is C12H21NO2. The molecule has 2 aliphatic heterocycles. The number of hydrogen-bond donors (Lipinski definition) is 0. The molecule has 0 aliphatic carbocycles. The molecule has 0 aromatic rings. The lowest BCUT2D eigenvalue weighted by molar-refractivity contribution is -0.133. The van der Waals surface area contributed by atoms with Crippen LogP contribution in [0, 0.1) is 5.92 Å². The first-order valence-corrected chi connectivity index (χ1v) is 6.22. The largest absolute Gasteiger partial charge is 0.381 e. The summed E-state index contributed by atoms with van der Waals surface area (Å²) in [5.74, 6) is 0.953. The second kappa shape index (κ2) is 5.50. The Morgan fingerprint density at radius 1 is 1.13 bits per heavy atom. The molecule has 2 heterocycles. The van der Waals surface area contributed by atoms with Crippen molar-refractivity contribution in [2.24, 2.45) is 5.92 Å². The van der Waals surface area contributed by atoms with E-state index in [9.17, 15) is 4.79 Å². The lowest BCUT2D eigenvalue weighted by atomic mass is 9.95. The zero-order valence-corrected chi connectivity index (χ0v) is 9.41. The van der Waals surface area contributed by atoms with Gasteiger partial charge in [-0.2, -0.15) is 0 Å². The number of nitrogens with zero attached hydrogens (tertiary/aromatic N) is 1. The molecule has 2 aliphatic rings. The van der Waals surface area contributed by atoms with Crippen LogP contribution in [0.2, 0.25) is 0 Å². The van der Waals surface area contributed by atoms with Gasteiger partial charge in [-0.3, -0.25) is 4.79 Å². The van der Waals surface area contributed by atoms with Crippen molar-refractivity contribution in [3.8, 4) is 0 Å². The van der Waals surface area contributed by atoms with Gasteiger partial charge in [-0.05, 0) is 38.0 Å². The number of piperidine rings is 1. The van der Waals surface area contributed by atoms with Crippen LogP contribution in [0.3, 0.4) is 0 Å². The zero-order valence-electron chi connectivity index (χ0n) is 9.41. The quantitative estimate of drug-likeness (QED) is 0.697. The van der Waals surface area contributed by atoms with Gasteiger partial charge in [0.25, 0.3) is 0 Å². The number of amides is 1. The summed E-state index contributed by atoms with van der Waals surface area (Å²) in [6, 6.07) is 0. The van der Waals surface area contributed by atoms with Crippen LogP contribution in [0.25, 0.3) is 0 Å². The lowest BCUT2D eigenvalue weighted by Crippen LogP contribution is -2.37. The SMILES string of the molecule is O=C(CC1CCOCC1)N1CCCCC1. The van der Waals surface area contributed by atoms with Gasteiger partial charge in [0.15, 0.2) is 0 Å². The molecule has 0 aromatic heterocycles. The van der Waals surface area contributed by atoms with E-state index in [1.807, 2.05) is 0 Å². The Labute approximate surface area is 91.8 Å². The van der Waals surface area contributed by atoms with Gasteiger partial charge in [0.2, 0.25) is 5.91 Å². The standard InChI is InChI=1S/C12H21NO2/c14-12(13-6-2-1-3-7-13)10-11-4-8-15-9-5-11/h11H,1-10H2. The van der Waals surface area contributed by atoms with Crippen LogP contribution in [0.5, 0.6) is 0 Å². The van der Waals surface area contributed by atoms with Crippen molar-refractivity contribution in [3.05, 3.63) is 0 Å². The highest BCUT2D eigenvalue weighted by molar-refractivity contribution is 5.76. The Morgan fingerprint density at radius 3 is 2.47 bits per heavy atom. The molecule has 0 radical (unpaired) electrons. The smallest absolute Gasteiger partial charge is 0.222 e. The zero-order chi connectivity index (χ0) is 10.5. The predicted molar refractivity (Wildman–Crippen MR) is 58.6 cm³/mol. The lowest BCUT2D eigenvalue weighted by Gasteiger charge is -2.29. The first kappa shape index (κ1) is 10.9. The molecule has 0 aromatic carbocycles. The predicted octanol–water partition coefficient (Wildman–Crippen LogP) is 1.82. The van der Waals surface area contributed by atoms with Crippen molar-refractivity contribution >= 4 is 5.91 Å². The third kappa shape index (κ3) is 3.20. The summed E-state index contributed by atoms with van der Waals surface area (Å²) in [5.41, 5.74) is 0. The number of carbonyl (C=O) groups is 1. The van der Waals surface area contributed by atoms with Gasteiger partial charge in [-0.15, -0.1) is 0 Å². The maximum Gasteiger partial charge on any atom is 0.222 e. The first-order valence-electron chi connectivity index (χ1n) is 6.22. The van der Waals surface area contributed by atoms with E-state index in [0.717, 1.165) is 45.6 Å². The Balaban J connectivity index is 1.74. The molecule has 2 rings (SSSR count). The van der Waals surface area contributed by atoms with E-state index in [-0.39, 0.29) is 0 Å². The molecular weight excluding hydrogens is 190 g/mol. The fourth-order valence-corrected chi connectivity index (χ4v) is 2.47. The van der Waals surface area contributed by atoms with Gasteiger partial charge in [0.05, 0.1) is 0 Å². The summed E-state index contributed by atoms with van der Waals surface area (Å²) in [4.78, 5) is 14.0. The van der Waals surface area contributed by atoms with E-state index < -0.39 is 0 Å². The Morgan fingerprint density at radius 2 is 1.80 bits per heavy atom. The molecule has 2 fully saturated rings. The van der Waals surface area contributed by atoms with Crippen LogP contribution in [0.4, 0.5) is 0 Å². The summed E-state index contributed by atoms with van der Waals surface area (Å²) < 4.78 is 5.30. The third-order valence-electron chi connectivity index (χ3n) is 3.51. The van der Waals surface area contributed by atoms with Gasteiger partial charge in [0, 0.05) is 32.7 Å². The fraction of sp³-hybridized carbons (Fsp3) is 0.917. The van der Waals surface area contributed by atoms with Crippen LogP contribution in [-0.2, 0) is 9.53 Å². The third-order valence-corrected chi connectivity index (χ3v) is 3.51. The second-order valence-electron chi connectivity index (χ2n) is 4.70. The molecule has 0 atom stereocenters. The average molecular weight is 211 g/mol. The molecule has 0 spiro atoms. The maximum atomic E-state index is 12.0. The van der Waals surface area contributed by atoms with Gasteiger partial charge in [-0.1, -0.05) is 0 Å². The van der Waals surface area contributed by atoms with Gasteiger partial charge >= 0.3 is 0 Å². The van der Waals surface area contributed by atoms with E-state index in [2.05, 4.69) is 4.90 Å². The van der Waals surface area contributed by atoms with Crippen molar-refractivity contribution in [1.29, 1.82) is 0 Å². The summed E-state index contributed by atoms with van der Waals surface area (Å²) in [6.45, 7) is 3.67. The molecule has 3 nitrogen and oxygen atoms in total. The summed E-state index contributed by atoms with van der Waals surface area (Å²) in [5, 5.41) is 0. The molecule has 86 valence electrons. The van der Waals surface area contributed by atoms with Crippen molar-refractivity contribution < 1.29 is 9.53 Å². The van der Waals surface area contributed by atoms with Crippen molar-refractivity contribution in [3.63, 3.8) is 0 Å². The van der Waals surface area contributed by atoms with Gasteiger partial charge in [-0.25, -0.2) is 0 Å². The molecule has 3 heteroatoms. The molecule has 0 unspecified atom stereocenters. The number of ether oxygens (including phenoxy) is 1. The molecule has 0 bridgehead atoms. The number of carbonyl (C=O) groups excluding carboxylic acids is 1. The van der Waals surface area contributed by atoms with Gasteiger partial charge in [0.1, 0.15) is 0 Å². The van der Waals surface area contributed by atoms with Crippen LogP contribution < -0.4 is 0 Å². The van der Waals surface area contributed by atoms with Crippen LogP contribution in [-0.4, -0.2) is 37.1 Å². The highest BCUT2D eigenvalue weighted by Gasteiger charge is 2.22. The minimum absolute atomic E-state index is 0.376. The van der Waals surface area contributed by atoms with Crippen LogP contribution in [0.15, 0.2) is 0 Å². The summed E-state index contributed by atoms with van der Waals surface area (Å²) >= 11 is 0. The van der Waals surface area contributed by atoms with Crippen LogP contribution in [0.1, 0.15) is 38.5 Å².